The molecule has 20 heavy (non-hydrogen) atoms. The highest BCUT2D eigenvalue weighted by atomic mass is 16.2. The molecule has 0 amide bonds. The maximum Gasteiger partial charge on any atom is 0.325 e. The van der Waals surface area contributed by atoms with Gasteiger partial charge in [0.2, 0.25) is 0 Å². The van der Waals surface area contributed by atoms with Crippen molar-refractivity contribution in [1.29, 1.82) is 0 Å². The lowest BCUT2D eigenvalue weighted by Crippen LogP contribution is -2.22. The van der Waals surface area contributed by atoms with Crippen LogP contribution in [0.15, 0.2) is 40.3 Å². The van der Waals surface area contributed by atoms with Crippen molar-refractivity contribution in [2.24, 2.45) is 0 Å². The van der Waals surface area contributed by atoms with E-state index in [4.69, 9.17) is 0 Å². The predicted octanol–water partition coefficient (Wildman–Crippen LogP) is 0.824. The van der Waals surface area contributed by atoms with Gasteiger partial charge in [0.15, 0.2) is 0 Å². The maximum absolute atomic E-state index is 11.8. The number of hydrogen-bond donors (Lipinski definition) is 3. The molecule has 0 fully saturated rings. The Kier molecular flexibility index (Phi) is 2.79. The van der Waals surface area contributed by atoms with E-state index < -0.39 is 11.2 Å². The lowest BCUT2D eigenvalue weighted by Gasteiger charge is -2.05. The van der Waals surface area contributed by atoms with Gasteiger partial charge in [-0.3, -0.25) is 9.78 Å². The molecular formula is C13H11N5O2. The van der Waals surface area contributed by atoms with E-state index in [1.807, 2.05) is 25.4 Å². The zero-order valence-electron chi connectivity index (χ0n) is 10.6. The average Bonchev–Trinajstić information content (AvgIpc) is 2.93. The minimum Gasteiger partial charge on any atom is -0.367 e. The van der Waals surface area contributed by atoms with Crippen molar-refractivity contribution < 1.29 is 0 Å². The molecule has 0 spiro atoms. The molecule has 0 unspecified atom stereocenters. The molecular weight excluding hydrogens is 258 g/mol. The van der Waals surface area contributed by atoms with Crippen molar-refractivity contribution in [3.63, 3.8) is 0 Å². The Labute approximate surface area is 112 Å². The highest BCUT2D eigenvalue weighted by Crippen LogP contribution is 2.24. The number of aryl methyl sites for hydroxylation is 1. The summed E-state index contributed by atoms with van der Waals surface area (Å²) in [5, 5.41) is 8.07. The molecule has 0 aliphatic carbocycles. The van der Waals surface area contributed by atoms with Gasteiger partial charge in [-0.1, -0.05) is 0 Å². The number of aromatic amines is 3. The van der Waals surface area contributed by atoms with E-state index in [0.29, 0.717) is 5.69 Å². The highest BCUT2D eigenvalue weighted by molar-refractivity contribution is 5.70. The van der Waals surface area contributed by atoms with Gasteiger partial charge in [-0.2, -0.15) is 5.10 Å². The molecule has 7 nitrogen and oxygen atoms in total. The Bertz CT molecular complexity index is 861. The van der Waals surface area contributed by atoms with Gasteiger partial charge in [0.25, 0.3) is 5.56 Å². The van der Waals surface area contributed by atoms with Crippen LogP contribution in [0.2, 0.25) is 0 Å². The topological polar surface area (TPSA) is 107 Å². The molecule has 0 bridgehead atoms. The molecule has 0 radical (unpaired) electrons. The third-order valence-electron chi connectivity index (χ3n) is 2.98. The molecule has 0 aliphatic heterocycles. The third-order valence-corrected chi connectivity index (χ3v) is 2.98. The van der Waals surface area contributed by atoms with Crippen molar-refractivity contribution in [2.75, 3.05) is 0 Å². The summed E-state index contributed by atoms with van der Waals surface area (Å²) in [6.07, 6.45) is 4.98. The van der Waals surface area contributed by atoms with E-state index in [1.54, 1.807) is 6.07 Å². The largest absolute Gasteiger partial charge is 0.367 e. The van der Waals surface area contributed by atoms with Gasteiger partial charge >= 0.3 is 5.69 Å². The molecule has 0 aromatic carbocycles. The van der Waals surface area contributed by atoms with E-state index in [0.717, 1.165) is 16.8 Å². The Balaban J connectivity index is 2.19. The number of H-pyrrole nitrogens is 3. The Hall–Kier alpha value is -2.96. The first kappa shape index (κ1) is 12.1. The van der Waals surface area contributed by atoms with Crippen LogP contribution in [0.4, 0.5) is 0 Å². The van der Waals surface area contributed by atoms with Crippen molar-refractivity contribution in [2.45, 2.75) is 6.92 Å². The quantitative estimate of drug-likeness (QED) is 0.640. The summed E-state index contributed by atoms with van der Waals surface area (Å²) in [4.78, 5) is 30.4. The second-order valence-corrected chi connectivity index (χ2v) is 4.31. The van der Waals surface area contributed by atoms with E-state index in [1.165, 1.54) is 6.20 Å². The summed E-state index contributed by atoms with van der Waals surface area (Å²) in [5.74, 6) is 0. The minimum absolute atomic E-state index is 0.272. The van der Waals surface area contributed by atoms with Gasteiger partial charge in [-0.25, -0.2) is 4.79 Å². The first-order valence-corrected chi connectivity index (χ1v) is 5.95. The van der Waals surface area contributed by atoms with E-state index >= 15 is 0 Å². The molecule has 0 atom stereocenters. The van der Waals surface area contributed by atoms with Crippen molar-refractivity contribution in [1.82, 2.24) is 25.1 Å². The summed E-state index contributed by atoms with van der Waals surface area (Å²) in [6.45, 7) is 1.84. The molecule has 0 saturated heterocycles. The Morgan fingerprint density at radius 2 is 1.95 bits per heavy atom. The number of aromatic nitrogens is 5. The number of nitrogens with zero attached hydrogens (tertiary/aromatic N) is 2. The number of hydrogen-bond acceptors (Lipinski definition) is 4. The lowest BCUT2D eigenvalue weighted by molar-refractivity contribution is 0.974. The fourth-order valence-corrected chi connectivity index (χ4v) is 1.97. The van der Waals surface area contributed by atoms with Crippen molar-refractivity contribution in [3.8, 4) is 22.4 Å². The third kappa shape index (κ3) is 2.05. The summed E-state index contributed by atoms with van der Waals surface area (Å²) in [7, 11) is 0. The highest BCUT2D eigenvalue weighted by Gasteiger charge is 2.11. The van der Waals surface area contributed by atoms with Crippen LogP contribution in [-0.2, 0) is 0 Å². The zero-order valence-corrected chi connectivity index (χ0v) is 10.6. The van der Waals surface area contributed by atoms with Crippen LogP contribution in [0.25, 0.3) is 22.4 Å². The maximum atomic E-state index is 11.8. The van der Waals surface area contributed by atoms with Crippen LogP contribution < -0.4 is 11.2 Å². The molecule has 3 aromatic rings. The van der Waals surface area contributed by atoms with Crippen LogP contribution in [-0.4, -0.2) is 25.1 Å². The number of rotatable bonds is 2. The van der Waals surface area contributed by atoms with E-state index in [9.17, 15) is 9.59 Å². The van der Waals surface area contributed by atoms with E-state index in [2.05, 4.69) is 25.1 Å². The zero-order chi connectivity index (χ0) is 14.1. The van der Waals surface area contributed by atoms with Crippen LogP contribution >= 0.6 is 0 Å². The van der Waals surface area contributed by atoms with E-state index in [-0.39, 0.29) is 5.56 Å². The molecule has 3 rings (SSSR count). The second kappa shape index (κ2) is 4.61. The predicted molar refractivity (Wildman–Crippen MR) is 73.2 cm³/mol. The van der Waals surface area contributed by atoms with Gasteiger partial charge in [-0.15, -0.1) is 5.10 Å². The van der Waals surface area contributed by atoms with Crippen molar-refractivity contribution >= 4 is 0 Å². The smallest absolute Gasteiger partial charge is 0.325 e. The van der Waals surface area contributed by atoms with Crippen molar-refractivity contribution in [3.05, 3.63) is 57.3 Å². The van der Waals surface area contributed by atoms with Crippen LogP contribution in [0, 0.1) is 6.92 Å². The SMILES string of the molecule is Cc1nnc(-c2c[nH]c(=O)[nH]c2=O)cc1-c1cc[nH]c1. The summed E-state index contributed by atoms with van der Waals surface area (Å²) in [6, 6.07) is 3.68. The molecule has 100 valence electrons. The first-order valence-electron chi connectivity index (χ1n) is 5.95. The standard InChI is InChI=1S/C13H11N5O2/c1-7-9(8-2-3-14-5-8)4-11(18-17-7)10-6-15-13(20)16-12(10)19/h2-6,14H,1H3,(H2,15,16,19,20). The molecule has 7 heteroatoms. The van der Waals surface area contributed by atoms with Crippen LogP contribution in [0.5, 0.6) is 0 Å². The normalized spacial score (nSPS) is 10.7. The summed E-state index contributed by atoms with van der Waals surface area (Å²) < 4.78 is 0. The van der Waals surface area contributed by atoms with Crippen LogP contribution in [0.3, 0.4) is 0 Å². The second-order valence-electron chi connectivity index (χ2n) is 4.31. The van der Waals surface area contributed by atoms with Gasteiger partial charge in [0.1, 0.15) is 5.69 Å². The van der Waals surface area contributed by atoms with Gasteiger partial charge in [-0.05, 0) is 19.1 Å². The Morgan fingerprint density at radius 3 is 2.65 bits per heavy atom. The number of nitrogens with one attached hydrogen (secondary N) is 3. The Morgan fingerprint density at radius 1 is 1.10 bits per heavy atom. The van der Waals surface area contributed by atoms with Gasteiger partial charge < -0.3 is 9.97 Å². The molecule has 3 aromatic heterocycles. The fourth-order valence-electron chi connectivity index (χ4n) is 1.97. The first-order chi connectivity index (χ1) is 9.65. The fraction of sp³-hybridized carbons (Fsp3) is 0.0769. The monoisotopic (exact) mass is 269 g/mol. The molecule has 0 aliphatic rings. The molecule has 0 saturated carbocycles. The van der Waals surface area contributed by atoms with Gasteiger partial charge in [0.05, 0.1) is 11.3 Å². The lowest BCUT2D eigenvalue weighted by atomic mass is 10.1. The molecule has 3 heterocycles. The summed E-state index contributed by atoms with van der Waals surface area (Å²) >= 11 is 0. The minimum atomic E-state index is -0.551. The van der Waals surface area contributed by atoms with Gasteiger partial charge in [0, 0.05) is 29.7 Å². The molecule has 3 N–H and O–H groups in total. The summed E-state index contributed by atoms with van der Waals surface area (Å²) in [5.41, 5.74) is 2.23. The average molecular weight is 269 g/mol. The van der Waals surface area contributed by atoms with Crippen LogP contribution in [0.1, 0.15) is 5.69 Å².